The van der Waals surface area contributed by atoms with Crippen molar-refractivity contribution >= 4 is 18.0 Å². The van der Waals surface area contributed by atoms with E-state index < -0.39 is 23.6 Å². The fourth-order valence-electron chi connectivity index (χ4n) is 2.80. The molecule has 0 aliphatic rings. The molecule has 0 bridgehead atoms. The second kappa shape index (κ2) is 11.4. The second-order valence-corrected chi connectivity index (χ2v) is 9.35. The highest BCUT2D eigenvalue weighted by atomic mass is 32.2. The Kier molecular flexibility index (Phi) is 9.94. The van der Waals surface area contributed by atoms with Gasteiger partial charge < -0.3 is 15.0 Å². The van der Waals surface area contributed by atoms with Crippen LogP contribution in [-0.2, 0) is 9.53 Å². The molecule has 0 aliphatic carbocycles. The molecule has 2 aromatic rings. The first-order valence-electron chi connectivity index (χ1n) is 9.70. The summed E-state index contributed by atoms with van der Waals surface area (Å²) in [7, 11) is 0. The van der Waals surface area contributed by atoms with E-state index in [1.54, 1.807) is 6.92 Å². The number of nitrogens with two attached hydrogens (primary N) is 1. The average molecular weight is 442 g/mol. The van der Waals surface area contributed by atoms with Crippen molar-refractivity contribution in [2.24, 2.45) is 5.73 Å². The maximum Gasteiger partial charge on any atom is 0.307 e. The van der Waals surface area contributed by atoms with Crippen LogP contribution in [0.25, 0.3) is 11.1 Å². The van der Waals surface area contributed by atoms with E-state index in [9.17, 15) is 13.6 Å². The van der Waals surface area contributed by atoms with Gasteiger partial charge in [-0.3, -0.25) is 4.79 Å². The van der Waals surface area contributed by atoms with Crippen LogP contribution in [0.15, 0.2) is 30.3 Å². The smallest absolute Gasteiger partial charge is 0.307 e. The molecule has 0 saturated carbocycles. The molecule has 0 fully saturated rings. The number of hydrogen-bond acceptors (Lipinski definition) is 5. The predicted octanol–water partition coefficient (Wildman–Crippen LogP) is 6.44. The number of carbonyl (C=O) groups excluding carboxylic acids is 1. The standard InChI is InChI=1S/C19H21F2NO2.C4H10OS.H2/c1-4-24-17(23)10-16(22)14-8-13(9-15(20)19(14)21)18-11(2)6-5-7-12(18)3;1-4(2,3)6-5;/h5-9,16H,4,10,22H2,1-3H3;5H,1-3H3;1H. The Morgan fingerprint density at radius 2 is 1.77 bits per heavy atom. The van der Waals surface area contributed by atoms with Gasteiger partial charge in [-0.25, -0.2) is 8.78 Å². The maximum absolute atomic E-state index is 14.2. The van der Waals surface area contributed by atoms with E-state index >= 15 is 0 Å². The van der Waals surface area contributed by atoms with Gasteiger partial charge in [-0.15, -0.1) is 0 Å². The zero-order chi connectivity index (χ0) is 23.1. The van der Waals surface area contributed by atoms with Crippen LogP contribution in [0.4, 0.5) is 8.78 Å². The monoisotopic (exact) mass is 441 g/mol. The summed E-state index contributed by atoms with van der Waals surface area (Å²) in [6, 6.07) is 7.41. The van der Waals surface area contributed by atoms with Crippen LogP contribution < -0.4 is 5.73 Å². The van der Waals surface area contributed by atoms with Crippen molar-refractivity contribution < 1.29 is 24.3 Å². The van der Waals surface area contributed by atoms with Gasteiger partial charge in [0.05, 0.1) is 13.0 Å². The first-order valence-corrected chi connectivity index (χ1v) is 10.5. The zero-order valence-corrected chi connectivity index (χ0v) is 19.2. The number of hydrogen-bond donors (Lipinski definition) is 2. The molecule has 0 spiro atoms. The van der Waals surface area contributed by atoms with Crippen molar-refractivity contribution in [3.8, 4) is 11.1 Å². The van der Waals surface area contributed by atoms with E-state index in [4.69, 9.17) is 15.0 Å². The van der Waals surface area contributed by atoms with Gasteiger partial charge in [0, 0.05) is 17.8 Å². The highest BCUT2D eigenvalue weighted by Gasteiger charge is 2.21. The predicted molar refractivity (Wildman–Crippen MR) is 122 cm³/mol. The Bertz CT molecular complexity index is 852. The van der Waals surface area contributed by atoms with Gasteiger partial charge in [-0.1, -0.05) is 18.2 Å². The highest BCUT2D eigenvalue weighted by molar-refractivity contribution is 7.95. The molecule has 0 radical (unpaired) electrons. The molecule has 30 heavy (non-hydrogen) atoms. The minimum atomic E-state index is -1.03. The van der Waals surface area contributed by atoms with Crippen LogP contribution in [-0.4, -0.2) is 21.9 Å². The SMILES string of the molecule is CC(C)(C)SO.CCOC(=O)CC(N)c1cc(-c2c(C)cccc2C)cc(F)c1F.[HH]. The van der Waals surface area contributed by atoms with E-state index in [2.05, 4.69) is 0 Å². The summed E-state index contributed by atoms with van der Waals surface area (Å²) in [6.45, 7) is 11.6. The number of ether oxygens (including phenoxy) is 1. The van der Waals surface area contributed by atoms with E-state index in [1.165, 1.54) is 6.07 Å². The van der Waals surface area contributed by atoms with Gasteiger partial charge in [-0.2, -0.15) is 0 Å². The second-order valence-electron chi connectivity index (χ2n) is 7.95. The first-order chi connectivity index (χ1) is 13.9. The number of halogens is 2. The van der Waals surface area contributed by atoms with Crippen LogP contribution in [0.2, 0.25) is 0 Å². The number of rotatable bonds is 5. The summed E-state index contributed by atoms with van der Waals surface area (Å²) in [5.41, 5.74) is 9.16. The van der Waals surface area contributed by atoms with E-state index in [0.717, 1.165) is 34.8 Å². The number of aryl methyl sites for hydroxylation is 2. The summed E-state index contributed by atoms with van der Waals surface area (Å²) < 4.78 is 41.4. The number of esters is 1. The third kappa shape index (κ3) is 7.70. The van der Waals surface area contributed by atoms with Crippen molar-refractivity contribution in [1.82, 2.24) is 0 Å². The molecule has 0 amide bonds. The molecule has 2 aromatic carbocycles. The van der Waals surface area contributed by atoms with Crippen molar-refractivity contribution in [2.75, 3.05) is 6.61 Å². The van der Waals surface area contributed by atoms with Gasteiger partial charge in [0.2, 0.25) is 0 Å². The van der Waals surface area contributed by atoms with Crippen LogP contribution in [0.3, 0.4) is 0 Å². The Morgan fingerprint density at radius 1 is 1.23 bits per heavy atom. The Labute approximate surface area is 183 Å². The molecular formula is C23H33F2NO3S. The number of carbonyl (C=O) groups is 1. The molecule has 4 nitrogen and oxygen atoms in total. The highest BCUT2D eigenvalue weighted by Crippen LogP contribution is 2.32. The van der Waals surface area contributed by atoms with Crippen molar-refractivity contribution in [3.05, 3.63) is 58.7 Å². The molecule has 0 heterocycles. The Morgan fingerprint density at radius 3 is 2.23 bits per heavy atom. The lowest BCUT2D eigenvalue weighted by molar-refractivity contribution is -0.143. The Hall–Kier alpha value is -1.96. The molecule has 1 atom stereocenters. The lowest BCUT2D eigenvalue weighted by atomic mass is 9.92. The first kappa shape index (κ1) is 26.1. The largest absolute Gasteiger partial charge is 0.466 e. The molecular weight excluding hydrogens is 408 g/mol. The Balaban J connectivity index is 0.00000113. The quantitative estimate of drug-likeness (QED) is 0.413. The summed E-state index contributed by atoms with van der Waals surface area (Å²) in [5.74, 6) is -2.55. The molecule has 1 unspecified atom stereocenters. The summed E-state index contributed by atoms with van der Waals surface area (Å²) in [5, 5.41) is 0. The fourth-order valence-corrected chi connectivity index (χ4v) is 2.80. The minimum Gasteiger partial charge on any atom is -0.466 e. The molecule has 0 saturated heterocycles. The van der Waals surface area contributed by atoms with Crippen LogP contribution >= 0.6 is 12.0 Å². The van der Waals surface area contributed by atoms with Gasteiger partial charge in [0.15, 0.2) is 11.6 Å². The number of benzene rings is 2. The van der Waals surface area contributed by atoms with Crippen molar-refractivity contribution in [1.29, 1.82) is 0 Å². The van der Waals surface area contributed by atoms with Crippen LogP contribution in [0.1, 0.15) is 58.3 Å². The molecule has 0 aliphatic heterocycles. The summed E-state index contributed by atoms with van der Waals surface area (Å²) in [6.07, 6.45) is -0.208. The normalized spacial score (nSPS) is 12.1. The molecule has 3 N–H and O–H groups in total. The maximum atomic E-state index is 14.2. The average Bonchev–Trinajstić information content (AvgIpc) is 2.64. The van der Waals surface area contributed by atoms with Crippen molar-refractivity contribution in [2.45, 2.75) is 58.8 Å². The van der Waals surface area contributed by atoms with Gasteiger partial charge in [0.1, 0.15) is 0 Å². The molecule has 168 valence electrons. The van der Waals surface area contributed by atoms with Crippen LogP contribution in [0.5, 0.6) is 0 Å². The van der Waals surface area contributed by atoms with Gasteiger partial charge >= 0.3 is 5.97 Å². The zero-order valence-electron chi connectivity index (χ0n) is 18.4. The van der Waals surface area contributed by atoms with E-state index in [1.807, 2.05) is 52.8 Å². The topological polar surface area (TPSA) is 72.5 Å². The third-order valence-electron chi connectivity index (χ3n) is 4.19. The summed E-state index contributed by atoms with van der Waals surface area (Å²) in [4.78, 5) is 11.6. The third-order valence-corrected chi connectivity index (χ3v) is 4.74. The van der Waals surface area contributed by atoms with E-state index in [-0.39, 0.29) is 24.8 Å². The van der Waals surface area contributed by atoms with Crippen molar-refractivity contribution in [3.63, 3.8) is 0 Å². The van der Waals surface area contributed by atoms with Gasteiger partial charge in [0.25, 0.3) is 0 Å². The minimum absolute atomic E-state index is 0. The molecule has 7 heteroatoms. The van der Waals surface area contributed by atoms with Gasteiger partial charge in [-0.05, 0) is 88.0 Å². The molecule has 2 rings (SSSR count). The lowest BCUT2D eigenvalue weighted by Crippen LogP contribution is -2.19. The van der Waals surface area contributed by atoms with E-state index in [0.29, 0.717) is 5.56 Å². The summed E-state index contributed by atoms with van der Waals surface area (Å²) >= 11 is 0.882. The van der Waals surface area contributed by atoms with Crippen LogP contribution in [0, 0.1) is 25.5 Å². The fraction of sp³-hybridized carbons (Fsp3) is 0.435. The molecule has 0 aromatic heterocycles. The lowest BCUT2D eigenvalue weighted by Gasteiger charge is -2.16.